The first-order valence-electron chi connectivity index (χ1n) is 13.2. The summed E-state index contributed by atoms with van der Waals surface area (Å²) in [5.41, 5.74) is 32.5. The van der Waals surface area contributed by atoms with Gasteiger partial charge >= 0.3 is 11.9 Å². The Morgan fingerprint density at radius 1 is 0.634 bits per heavy atom. The number of aliphatic imine (C=N–C) groups is 2. The number of aliphatic carboxylic acids is 2. The second-order valence-electron chi connectivity index (χ2n) is 9.24. The minimum atomic E-state index is -1.35. The molecule has 18 heteroatoms. The van der Waals surface area contributed by atoms with Crippen LogP contribution in [0.15, 0.2) is 9.98 Å². The van der Waals surface area contributed by atoms with E-state index in [1.807, 2.05) is 0 Å². The van der Waals surface area contributed by atoms with Crippen LogP contribution in [0.5, 0.6) is 0 Å². The summed E-state index contributed by atoms with van der Waals surface area (Å²) in [6.45, 7) is 0.703. The average Bonchev–Trinajstić information content (AvgIpc) is 2.89. The maximum atomic E-state index is 13.2. The van der Waals surface area contributed by atoms with Crippen molar-refractivity contribution in [2.45, 2.75) is 82.0 Å². The fourth-order valence-electron chi connectivity index (χ4n) is 3.53. The molecule has 3 amide bonds. The lowest BCUT2D eigenvalue weighted by atomic mass is 10.0. The summed E-state index contributed by atoms with van der Waals surface area (Å²) in [4.78, 5) is 69.3. The van der Waals surface area contributed by atoms with Gasteiger partial charge in [0.05, 0.1) is 6.04 Å². The van der Waals surface area contributed by atoms with Gasteiger partial charge in [0.25, 0.3) is 0 Å². The monoisotopic (exact) mass is 587 g/mol. The smallest absolute Gasteiger partial charge is 0.326 e. The topological polar surface area (TPSA) is 343 Å². The first-order chi connectivity index (χ1) is 19.3. The van der Waals surface area contributed by atoms with Gasteiger partial charge in [-0.15, -0.1) is 0 Å². The third kappa shape index (κ3) is 17.9. The second kappa shape index (κ2) is 20.7. The molecule has 0 aliphatic heterocycles. The summed E-state index contributed by atoms with van der Waals surface area (Å²) in [6.07, 6.45) is 1.13. The summed E-state index contributed by atoms with van der Waals surface area (Å²) in [7, 11) is 0. The van der Waals surface area contributed by atoms with Gasteiger partial charge in [0.15, 0.2) is 11.9 Å². The number of unbranched alkanes of at least 4 members (excludes halogenated alkanes) is 1. The molecule has 17 N–H and O–H groups in total. The number of carboxylic acid groups (broad SMARTS) is 2. The number of nitrogens with one attached hydrogen (secondary N) is 3. The maximum Gasteiger partial charge on any atom is 0.326 e. The Hall–Kier alpha value is -4.19. The third-order valence-corrected chi connectivity index (χ3v) is 5.72. The van der Waals surface area contributed by atoms with Gasteiger partial charge in [-0.25, -0.2) is 4.79 Å². The molecule has 0 rings (SSSR count). The van der Waals surface area contributed by atoms with Crippen molar-refractivity contribution in [3.05, 3.63) is 0 Å². The minimum absolute atomic E-state index is 0.00734. The molecule has 4 unspecified atom stereocenters. The lowest BCUT2D eigenvalue weighted by Gasteiger charge is -2.25. The Morgan fingerprint density at radius 3 is 1.59 bits per heavy atom. The van der Waals surface area contributed by atoms with Gasteiger partial charge in [0, 0.05) is 19.5 Å². The molecule has 0 aromatic heterocycles. The van der Waals surface area contributed by atoms with E-state index in [1.54, 1.807) is 0 Å². The van der Waals surface area contributed by atoms with E-state index < -0.39 is 60.2 Å². The second-order valence-corrected chi connectivity index (χ2v) is 9.24. The van der Waals surface area contributed by atoms with E-state index in [1.165, 1.54) is 0 Å². The molecule has 0 aromatic carbocycles. The van der Waals surface area contributed by atoms with Crippen LogP contribution in [0.3, 0.4) is 0 Å². The molecular weight excluding hydrogens is 542 g/mol. The molecule has 41 heavy (non-hydrogen) atoms. The SMILES string of the molecule is NCCCCC(NC(=O)C(CCCN=C(N)N)NC(=O)C(CCC(=O)O)NC(=O)C(N)CCCN=C(N)N)C(=O)O. The van der Waals surface area contributed by atoms with Crippen LogP contribution in [0, 0.1) is 0 Å². The van der Waals surface area contributed by atoms with Gasteiger partial charge in [-0.2, -0.15) is 0 Å². The molecule has 0 aromatic rings. The molecule has 0 aliphatic carbocycles. The van der Waals surface area contributed by atoms with Crippen molar-refractivity contribution in [3.63, 3.8) is 0 Å². The highest BCUT2D eigenvalue weighted by Gasteiger charge is 2.30. The van der Waals surface area contributed by atoms with Gasteiger partial charge in [-0.3, -0.25) is 29.2 Å². The summed E-state index contributed by atoms with van der Waals surface area (Å²) < 4.78 is 0. The van der Waals surface area contributed by atoms with Gasteiger partial charge in [0.1, 0.15) is 18.1 Å². The van der Waals surface area contributed by atoms with Crippen molar-refractivity contribution in [3.8, 4) is 0 Å². The van der Waals surface area contributed by atoms with Crippen LogP contribution in [-0.4, -0.2) is 95.6 Å². The zero-order valence-corrected chi connectivity index (χ0v) is 23.1. The molecule has 0 bridgehead atoms. The van der Waals surface area contributed by atoms with Crippen molar-refractivity contribution in [1.29, 1.82) is 0 Å². The minimum Gasteiger partial charge on any atom is -0.481 e. The fourth-order valence-corrected chi connectivity index (χ4v) is 3.53. The van der Waals surface area contributed by atoms with E-state index in [9.17, 15) is 29.1 Å². The number of nitrogens with zero attached hydrogens (tertiary/aromatic N) is 2. The zero-order valence-electron chi connectivity index (χ0n) is 23.1. The normalized spacial score (nSPS) is 13.5. The predicted molar refractivity (Wildman–Crippen MR) is 151 cm³/mol. The van der Waals surface area contributed by atoms with Crippen LogP contribution in [0.25, 0.3) is 0 Å². The Bertz CT molecular complexity index is 922. The van der Waals surface area contributed by atoms with E-state index in [0.717, 1.165) is 0 Å². The molecule has 0 radical (unpaired) electrons. The molecule has 0 heterocycles. The summed E-state index contributed by atoms with van der Waals surface area (Å²) in [6, 6.07) is -4.88. The Balaban J connectivity index is 5.63. The number of carbonyl (C=O) groups excluding carboxylic acids is 3. The van der Waals surface area contributed by atoms with Crippen molar-refractivity contribution in [2.24, 2.45) is 44.4 Å². The van der Waals surface area contributed by atoms with Gasteiger partial charge in [-0.05, 0) is 57.9 Å². The first-order valence-corrected chi connectivity index (χ1v) is 13.2. The van der Waals surface area contributed by atoms with E-state index in [0.29, 0.717) is 25.8 Å². The third-order valence-electron chi connectivity index (χ3n) is 5.72. The average molecular weight is 588 g/mol. The number of rotatable bonds is 22. The molecule has 0 fully saturated rings. The van der Waals surface area contributed by atoms with Crippen molar-refractivity contribution in [1.82, 2.24) is 16.0 Å². The standard InChI is InChI=1S/C23H45N11O7/c24-10-2-1-6-16(21(40)41)34-19(38)14(7-4-12-31-23(28)29)33-20(39)15(8-9-17(35)36)32-18(37)13(25)5-3-11-30-22(26)27/h13-16H,1-12,24-25H2,(H,32,37)(H,33,39)(H,34,38)(H,35,36)(H,40,41)(H4,26,27,30)(H4,28,29,31). The predicted octanol–water partition coefficient (Wildman–Crippen LogP) is -4.05. The molecule has 0 saturated carbocycles. The van der Waals surface area contributed by atoms with Crippen molar-refractivity contribution >= 4 is 41.6 Å². The van der Waals surface area contributed by atoms with Crippen LogP contribution in [0.2, 0.25) is 0 Å². The highest BCUT2D eigenvalue weighted by molar-refractivity contribution is 5.94. The van der Waals surface area contributed by atoms with Crippen molar-refractivity contribution < 1.29 is 34.2 Å². The number of guanidine groups is 2. The molecule has 0 spiro atoms. The number of nitrogens with two attached hydrogens (primary N) is 6. The largest absolute Gasteiger partial charge is 0.481 e. The lowest BCUT2D eigenvalue weighted by molar-refractivity contribution is -0.142. The van der Waals surface area contributed by atoms with E-state index >= 15 is 0 Å². The number of hydrogen-bond acceptors (Lipinski definition) is 9. The number of carboxylic acids is 2. The van der Waals surface area contributed by atoms with Crippen LogP contribution in [0.4, 0.5) is 0 Å². The zero-order chi connectivity index (χ0) is 31.4. The molecular formula is C23H45N11O7. The Morgan fingerprint density at radius 2 is 1.10 bits per heavy atom. The van der Waals surface area contributed by atoms with E-state index in [2.05, 4.69) is 25.9 Å². The highest BCUT2D eigenvalue weighted by atomic mass is 16.4. The van der Waals surface area contributed by atoms with E-state index in [-0.39, 0.29) is 57.1 Å². The fraction of sp³-hybridized carbons (Fsp3) is 0.696. The number of amides is 3. The summed E-state index contributed by atoms with van der Waals surface area (Å²) in [5.74, 6) is -5.14. The number of hydrogen-bond donors (Lipinski definition) is 11. The lowest BCUT2D eigenvalue weighted by Crippen LogP contribution is -2.57. The van der Waals surface area contributed by atoms with E-state index in [4.69, 9.17) is 39.5 Å². The number of carbonyl (C=O) groups is 5. The summed E-state index contributed by atoms with van der Waals surface area (Å²) >= 11 is 0. The molecule has 0 saturated heterocycles. The maximum absolute atomic E-state index is 13.2. The van der Waals surface area contributed by atoms with Crippen molar-refractivity contribution in [2.75, 3.05) is 19.6 Å². The molecule has 18 nitrogen and oxygen atoms in total. The van der Waals surface area contributed by atoms with Crippen LogP contribution < -0.4 is 50.4 Å². The highest BCUT2D eigenvalue weighted by Crippen LogP contribution is 2.07. The van der Waals surface area contributed by atoms with Gasteiger partial charge < -0.3 is 60.6 Å². The van der Waals surface area contributed by atoms with Crippen LogP contribution in [-0.2, 0) is 24.0 Å². The van der Waals surface area contributed by atoms with Crippen LogP contribution >= 0.6 is 0 Å². The van der Waals surface area contributed by atoms with Gasteiger partial charge in [0.2, 0.25) is 17.7 Å². The molecule has 4 atom stereocenters. The van der Waals surface area contributed by atoms with Crippen LogP contribution in [0.1, 0.15) is 57.8 Å². The molecule has 234 valence electrons. The summed E-state index contributed by atoms with van der Waals surface area (Å²) in [5, 5.41) is 25.9. The quantitative estimate of drug-likeness (QED) is 0.0326. The first kappa shape index (κ1) is 36.8. The molecule has 0 aliphatic rings. The Kier molecular flexibility index (Phi) is 18.6. The van der Waals surface area contributed by atoms with Gasteiger partial charge in [-0.1, -0.05) is 0 Å². The Labute approximate surface area is 238 Å².